The van der Waals surface area contributed by atoms with E-state index in [1.807, 2.05) is 0 Å². The van der Waals surface area contributed by atoms with Gasteiger partial charge in [0.15, 0.2) is 17.3 Å². The molecule has 0 spiro atoms. The van der Waals surface area contributed by atoms with Crippen LogP contribution in [0.3, 0.4) is 0 Å². The van der Waals surface area contributed by atoms with Gasteiger partial charge in [0.1, 0.15) is 28.7 Å². The van der Waals surface area contributed by atoms with Gasteiger partial charge in [-0.25, -0.2) is 4.79 Å². The number of ether oxygens (including phenoxy) is 7. The molecule has 0 amide bonds. The summed E-state index contributed by atoms with van der Waals surface area (Å²) < 4.78 is 38.1. The van der Waals surface area contributed by atoms with Crippen molar-refractivity contribution in [3.63, 3.8) is 0 Å². The molecule has 0 saturated carbocycles. The number of Topliss-reactive ketones (excluding diaryl/α,β-unsaturated/α-hetero) is 1. The van der Waals surface area contributed by atoms with E-state index in [0.29, 0.717) is 51.2 Å². The number of allylic oxidation sites excluding steroid dienone is 1. The Labute approximate surface area is 214 Å². The van der Waals surface area contributed by atoms with E-state index in [1.54, 1.807) is 55.5 Å². The molecule has 0 unspecified atom stereocenters. The number of fused-ring (bicyclic) bond motifs is 1. The zero-order valence-electron chi connectivity index (χ0n) is 21.3. The second-order valence-electron chi connectivity index (χ2n) is 7.95. The molecule has 0 bridgehead atoms. The summed E-state index contributed by atoms with van der Waals surface area (Å²) in [5, 5.41) is 0. The van der Waals surface area contributed by atoms with E-state index in [0.717, 1.165) is 0 Å². The van der Waals surface area contributed by atoms with Gasteiger partial charge in [0, 0.05) is 23.3 Å². The molecule has 3 aromatic carbocycles. The van der Waals surface area contributed by atoms with E-state index in [4.69, 9.17) is 33.2 Å². The van der Waals surface area contributed by atoms with E-state index in [1.165, 1.54) is 35.5 Å². The van der Waals surface area contributed by atoms with Crippen LogP contribution in [0.2, 0.25) is 0 Å². The van der Waals surface area contributed by atoms with Gasteiger partial charge in [-0.2, -0.15) is 0 Å². The monoisotopic (exact) mass is 506 g/mol. The fraction of sp³-hybridized carbons (Fsp3) is 0.214. The second-order valence-corrected chi connectivity index (χ2v) is 7.95. The molecule has 192 valence electrons. The largest absolute Gasteiger partial charge is 0.497 e. The molecule has 9 nitrogen and oxygen atoms in total. The minimum Gasteiger partial charge on any atom is -0.497 e. The smallest absolute Gasteiger partial charge is 0.343 e. The van der Waals surface area contributed by atoms with Crippen molar-refractivity contribution in [1.82, 2.24) is 0 Å². The molecule has 1 aliphatic rings. The first kappa shape index (κ1) is 25.4. The van der Waals surface area contributed by atoms with E-state index in [2.05, 4.69) is 0 Å². The first-order chi connectivity index (χ1) is 17.8. The number of esters is 1. The third kappa shape index (κ3) is 4.88. The van der Waals surface area contributed by atoms with Crippen LogP contribution in [0, 0.1) is 6.92 Å². The molecular formula is C28H26O9. The van der Waals surface area contributed by atoms with Gasteiger partial charge in [0.05, 0.1) is 46.7 Å². The molecule has 4 rings (SSSR count). The van der Waals surface area contributed by atoms with Crippen LogP contribution in [0.5, 0.6) is 40.2 Å². The number of ketones is 1. The van der Waals surface area contributed by atoms with Crippen LogP contribution in [0.15, 0.2) is 48.2 Å². The van der Waals surface area contributed by atoms with E-state index in [9.17, 15) is 9.59 Å². The molecule has 0 aliphatic carbocycles. The van der Waals surface area contributed by atoms with Crippen molar-refractivity contribution in [3.8, 4) is 40.2 Å². The highest BCUT2D eigenvalue weighted by atomic mass is 16.5. The topological polar surface area (TPSA) is 98.8 Å². The van der Waals surface area contributed by atoms with Crippen molar-refractivity contribution in [3.05, 3.63) is 70.5 Å². The highest BCUT2D eigenvalue weighted by Gasteiger charge is 2.31. The maximum absolute atomic E-state index is 13.1. The predicted octanol–water partition coefficient (Wildman–Crippen LogP) is 4.87. The van der Waals surface area contributed by atoms with E-state index < -0.39 is 5.97 Å². The molecule has 1 heterocycles. The van der Waals surface area contributed by atoms with Crippen molar-refractivity contribution in [1.29, 1.82) is 0 Å². The maximum Gasteiger partial charge on any atom is 0.343 e. The predicted molar refractivity (Wildman–Crippen MR) is 135 cm³/mol. The molecule has 9 heteroatoms. The van der Waals surface area contributed by atoms with Crippen molar-refractivity contribution in [2.24, 2.45) is 0 Å². The summed E-state index contributed by atoms with van der Waals surface area (Å²) in [6.45, 7) is 1.71. The molecule has 0 fully saturated rings. The van der Waals surface area contributed by atoms with Gasteiger partial charge in [0.25, 0.3) is 0 Å². The Bertz CT molecular complexity index is 1380. The molecule has 0 saturated heterocycles. The molecule has 0 radical (unpaired) electrons. The number of hydrogen-bond acceptors (Lipinski definition) is 9. The van der Waals surface area contributed by atoms with Crippen LogP contribution in [0.4, 0.5) is 0 Å². The summed E-state index contributed by atoms with van der Waals surface area (Å²) in [6, 6.07) is 11.2. The Balaban J connectivity index is 1.64. The van der Waals surface area contributed by atoms with Gasteiger partial charge in [-0.05, 0) is 43.3 Å². The lowest BCUT2D eigenvalue weighted by Crippen LogP contribution is -2.10. The van der Waals surface area contributed by atoms with Crippen molar-refractivity contribution < 1.29 is 42.7 Å². The van der Waals surface area contributed by atoms with Gasteiger partial charge >= 0.3 is 5.97 Å². The summed E-state index contributed by atoms with van der Waals surface area (Å²) in [7, 11) is 7.53. The summed E-state index contributed by atoms with van der Waals surface area (Å²) in [4.78, 5) is 26.0. The maximum atomic E-state index is 13.1. The van der Waals surface area contributed by atoms with Gasteiger partial charge < -0.3 is 33.2 Å². The minimum absolute atomic E-state index is 0.0876. The molecule has 37 heavy (non-hydrogen) atoms. The fourth-order valence-electron chi connectivity index (χ4n) is 3.87. The van der Waals surface area contributed by atoms with Crippen molar-refractivity contribution in [2.75, 3.05) is 35.5 Å². The van der Waals surface area contributed by atoms with Crippen molar-refractivity contribution >= 4 is 17.8 Å². The number of benzene rings is 3. The normalized spacial score (nSPS) is 13.0. The molecule has 3 aromatic rings. The summed E-state index contributed by atoms with van der Waals surface area (Å²) in [5.41, 5.74) is 1.66. The molecule has 0 atom stereocenters. The first-order valence-electron chi connectivity index (χ1n) is 11.2. The van der Waals surface area contributed by atoms with Gasteiger partial charge in [0.2, 0.25) is 5.78 Å². The number of rotatable bonds is 8. The Hall–Kier alpha value is -4.66. The van der Waals surface area contributed by atoms with Gasteiger partial charge in [-0.1, -0.05) is 0 Å². The number of hydrogen-bond donors (Lipinski definition) is 0. The van der Waals surface area contributed by atoms with Crippen LogP contribution < -0.4 is 33.2 Å². The van der Waals surface area contributed by atoms with E-state index >= 15 is 0 Å². The van der Waals surface area contributed by atoms with Crippen LogP contribution in [0.25, 0.3) is 6.08 Å². The average Bonchev–Trinajstić information content (AvgIpc) is 3.24. The van der Waals surface area contributed by atoms with E-state index in [-0.39, 0.29) is 22.9 Å². The zero-order chi connectivity index (χ0) is 26.7. The second kappa shape index (κ2) is 10.5. The van der Waals surface area contributed by atoms with Gasteiger partial charge in [-0.15, -0.1) is 0 Å². The lowest BCUT2D eigenvalue weighted by molar-refractivity contribution is 0.0732. The number of methoxy groups -OCH3 is 5. The SMILES string of the molecule is COc1cc(OC)cc(C(=O)Oc2ccc3c(c2C)O/C(=C\c2cc(OC)c(OC)cc2OC)C3=O)c1. The molecule has 0 N–H and O–H groups in total. The third-order valence-electron chi connectivity index (χ3n) is 5.85. The van der Waals surface area contributed by atoms with Crippen LogP contribution in [0.1, 0.15) is 31.8 Å². The molecule has 1 aliphatic heterocycles. The quantitative estimate of drug-likeness (QED) is 0.241. The van der Waals surface area contributed by atoms with Crippen LogP contribution in [-0.4, -0.2) is 47.3 Å². The number of carbonyl (C=O) groups excluding carboxylic acids is 2. The molecular weight excluding hydrogens is 480 g/mol. The minimum atomic E-state index is -0.615. The highest BCUT2D eigenvalue weighted by molar-refractivity contribution is 6.15. The summed E-state index contributed by atoms with van der Waals surface area (Å²) in [6.07, 6.45) is 1.57. The average molecular weight is 507 g/mol. The van der Waals surface area contributed by atoms with Gasteiger partial charge in [-0.3, -0.25) is 4.79 Å². The zero-order valence-corrected chi connectivity index (χ0v) is 21.3. The Kier molecular flexibility index (Phi) is 7.24. The highest BCUT2D eigenvalue weighted by Crippen LogP contribution is 2.41. The Morgan fingerprint density at radius 3 is 1.97 bits per heavy atom. The van der Waals surface area contributed by atoms with Crippen LogP contribution >= 0.6 is 0 Å². The molecule has 0 aromatic heterocycles. The Morgan fingerprint density at radius 2 is 1.38 bits per heavy atom. The van der Waals surface area contributed by atoms with Crippen LogP contribution in [-0.2, 0) is 0 Å². The lowest BCUT2D eigenvalue weighted by Gasteiger charge is -2.12. The number of carbonyl (C=O) groups is 2. The summed E-state index contributed by atoms with van der Waals surface area (Å²) in [5.74, 6) is 2.05. The first-order valence-corrected chi connectivity index (χ1v) is 11.2. The standard InChI is InChI=1S/C28H26O9/c1-15-21(37-28(30)17-9-18(31-2)13-19(10-17)32-3)8-7-20-26(29)25(36-27(15)20)12-16-11-23(34-5)24(35-6)14-22(16)33-4/h7-14H,1-6H3/b25-12-. The fourth-order valence-corrected chi connectivity index (χ4v) is 3.87. The Morgan fingerprint density at radius 1 is 0.757 bits per heavy atom. The third-order valence-corrected chi connectivity index (χ3v) is 5.85. The summed E-state index contributed by atoms with van der Waals surface area (Å²) >= 11 is 0. The van der Waals surface area contributed by atoms with Crippen molar-refractivity contribution in [2.45, 2.75) is 6.92 Å². The lowest BCUT2D eigenvalue weighted by atomic mass is 10.1.